The van der Waals surface area contributed by atoms with E-state index in [0.29, 0.717) is 17.3 Å². The summed E-state index contributed by atoms with van der Waals surface area (Å²) in [5.41, 5.74) is 4.34. The van der Waals surface area contributed by atoms with Crippen molar-refractivity contribution in [3.8, 4) is 5.75 Å². The predicted molar refractivity (Wildman–Crippen MR) is 111 cm³/mol. The summed E-state index contributed by atoms with van der Waals surface area (Å²) >= 11 is 12.5. The van der Waals surface area contributed by atoms with Crippen LogP contribution in [0.3, 0.4) is 0 Å². The van der Waals surface area contributed by atoms with E-state index >= 15 is 0 Å². The summed E-state index contributed by atoms with van der Waals surface area (Å²) < 4.78 is 5.63. The normalized spacial score (nSPS) is 19.7. The Kier molecular flexibility index (Phi) is 3.94. The number of amides is 1. The molecular formula is C22H20Cl2N2O2. The van der Waals surface area contributed by atoms with Crippen molar-refractivity contribution < 1.29 is 9.53 Å². The lowest BCUT2D eigenvalue weighted by Crippen LogP contribution is -2.44. The zero-order valence-corrected chi connectivity index (χ0v) is 17.2. The number of carbonyl (C=O) groups excluding carboxylic acids is 1. The first kappa shape index (κ1) is 17.9. The van der Waals surface area contributed by atoms with Crippen LogP contribution in [0.4, 0.5) is 0 Å². The highest BCUT2D eigenvalue weighted by Crippen LogP contribution is 2.58. The first-order valence-electron chi connectivity index (χ1n) is 9.36. The molecule has 0 bridgehead atoms. The summed E-state index contributed by atoms with van der Waals surface area (Å²) in [5.74, 6) is 0.730. The molecule has 1 unspecified atom stereocenters. The van der Waals surface area contributed by atoms with Gasteiger partial charge < -0.3 is 14.6 Å². The van der Waals surface area contributed by atoms with E-state index in [4.69, 9.17) is 27.9 Å². The second-order valence-electron chi connectivity index (χ2n) is 7.82. The van der Waals surface area contributed by atoms with Crippen LogP contribution in [-0.4, -0.2) is 29.4 Å². The number of carbonyl (C=O) groups is 1. The molecule has 3 aromatic rings. The van der Waals surface area contributed by atoms with Gasteiger partial charge in [0.1, 0.15) is 11.8 Å². The summed E-state index contributed by atoms with van der Waals surface area (Å²) in [4.78, 5) is 18.2. The fourth-order valence-corrected chi connectivity index (χ4v) is 5.03. The van der Waals surface area contributed by atoms with Crippen LogP contribution in [0, 0.1) is 0 Å². The lowest BCUT2D eigenvalue weighted by Gasteiger charge is -2.40. The third-order valence-electron chi connectivity index (χ3n) is 6.13. The summed E-state index contributed by atoms with van der Waals surface area (Å²) in [6, 6.07) is 11.3. The van der Waals surface area contributed by atoms with E-state index in [2.05, 4.69) is 4.98 Å². The number of methoxy groups -OCH3 is 1. The van der Waals surface area contributed by atoms with Crippen molar-refractivity contribution >= 4 is 40.0 Å². The molecule has 0 saturated heterocycles. The van der Waals surface area contributed by atoms with E-state index in [-0.39, 0.29) is 17.4 Å². The van der Waals surface area contributed by atoms with Crippen molar-refractivity contribution in [3.63, 3.8) is 0 Å². The van der Waals surface area contributed by atoms with Gasteiger partial charge in [0.2, 0.25) is 5.91 Å². The van der Waals surface area contributed by atoms with Gasteiger partial charge in [-0.25, -0.2) is 0 Å². The molecule has 2 aromatic carbocycles. The molecular weight excluding hydrogens is 395 g/mol. The molecule has 144 valence electrons. The van der Waals surface area contributed by atoms with Crippen LogP contribution in [0.25, 0.3) is 10.9 Å². The lowest BCUT2D eigenvalue weighted by atomic mass is 9.83. The quantitative estimate of drug-likeness (QED) is 0.604. The molecule has 1 aromatic heterocycles. The Morgan fingerprint density at radius 2 is 1.89 bits per heavy atom. The van der Waals surface area contributed by atoms with Crippen molar-refractivity contribution in [1.82, 2.24) is 9.88 Å². The molecule has 1 fully saturated rings. The van der Waals surface area contributed by atoms with Crippen LogP contribution in [0.5, 0.6) is 5.75 Å². The first-order valence-corrected chi connectivity index (χ1v) is 10.1. The van der Waals surface area contributed by atoms with Gasteiger partial charge in [-0.15, -0.1) is 0 Å². The smallest absolute Gasteiger partial charge is 0.220 e. The highest BCUT2D eigenvalue weighted by Gasteiger charge is 2.54. The molecule has 4 nitrogen and oxygen atoms in total. The number of hydrogen-bond acceptors (Lipinski definition) is 2. The van der Waals surface area contributed by atoms with Crippen molar-refractivity contribution in [3.05, 3.63) is 63.3 Å². The molecule has 0 radical (unpaired) electrons. The predicted octanol–water partition coefficient (Wildman–Crippen LogP) is 5.47. The molecule has 28 heavy (non-hydrogen) atoms. The van der Waals surface area contributed by atoms with E-state index < -0.39 is 0 Å². The average Bonchev–Trinajstić information content (AvgIpc) is 3.32. The van der Waals surface area contributed by atoms with E-state index in [1.54, 1.807) is 20.1 Å². The number of nitrogens with zero attached hydrogens (tertiary/aromatic N) is 1. The Balaban J connectivity index is 1.81. The second-order valence-corrected chi connectivity index (χ2v) is 8.69. The summed E-state index contributed by atoms with van der Waals surface area (Å²) in [5, 5.41) is 2.48. The van der Waals surface area contributed by atoms with Crippen molar-refractivity contribution in [2.45, 2.75) is 31.2 Å². The van der Waals surface area contributed by atoms with Crippen LogP contribution in [-0.2, 0) is 10.2 Å². The Bertz CT molecular complexity index is 1120. The van der Waals surface area contributed by atoms with Crippen LogP contribution in [0.15, 0.2) is 36.4 Å². The molecule has 1 N–H and O–H groups in total. The molecule has 1 amide bonds. The number of halogens is 2. The highest BCUT2D eigenvalue weighted by atomic mass is 35.5. The minimum Gasteiger partial charge on any atom is -0.496 e. The SMILES string of the molecule is COc1cc(Cl)ccc1C1c2[nH]c3ccc(Cl)cc3c2C2(CC2)CN1C(C)=O. The monoisotopic (exact) mass is 414 g/mol. The Morgan fingerprint density at radius 1 is 1.18 bits per heavy atom. The zero-order valence-electron chi connectivity index (χ0n) is 15.7. The Hall–Kier alpha value is -2.17. The third-order valence-corrected chi connectivity index (χ3v) is 6.60. The van der Waals surface area contributed by atoms with E-state index in [1.807, 2.05) is 35.2 Å². The van der Waals surface area contributed by atoms with Gasteiger partial charge >= 0.3 is 0 Å². The number of nitrogens with one attached hydrogen (secondary N) is 1. The number of aromatic amines is 1. The number of ether oxygens (including phenoxy) is 1. The van der Waals surface area contributed by atoms with Crippen molar-refractivity contribution in [2.75, 3.05) is 13.7 Å². The number of benzene rings is 2. The van der Waals surface area contributed by atoms with Gasteiger partial charge in [0.25, 0.3) is 0 Å². The van der Waals surface area contributed by atoms with Gasteiger partial charge in [0, 0.05) is 51.1 Å². The number of hydrogen-bond donors (Lipinski definition) is 1. The number of fused-ring (bicyclic) bond motifs is 4. The number of aromatic nitrogens is 1. The highest BCUT2D eigenvalue weighted by molar-refractivity contribution is 6.31. The van der Waals surface area contributed by atoms with E-state index in [1.165, 1.54) is 5.56 Å². The summed E-state index contributed by atoms with van der Waals surface area (Å²) in [7, 11) is 1.63. The first-order chi connectivity index (χ1) is 13.4. The average molecular weight is 415 g/mol. The molecule has 1 saturated carbocycles. The van der Waals surface area contributed by atoms with Gasteiger partial charge in [-0.1, -0.05) is 29.3 Å². The maximum Gasteiger partial charge on any atom is 0.220 e. The molecule has 1 aliphatic heterocycles. The summed E-state index contributed by atoms with van der Waals surface area (Å²) in [6.45, 7) is 2.33. The molecule has 1 aliphatic carbocycles. The molecule has 6 heteroatoms. The minimum atomic E-state index is -0.253. The van der Waals surface area contributed by atoms with Gasteiger partial charge in [0.15, 0.2) is 0 Å². The molecule has 5 rings (SSSR count). The molecule has 1 atom stereocenters. The number of rotatable bonds is 2. The maximum absolute atomic E-state index is 12.7. The summed E-state index contributed by atoms with van der Waals surface area (Å²) in [6.07, 6.45) is 2.15. The van der Waals surface area contributed by atoms with Gasteiger partial charge in [-0.05, 0) is 48.7 Å². The molecule has 2 heterocycles. The fraction of sp³-hybridized carbons (Fsp3) is 0.318. The third kappa shape index (κ3) is 2.55. The van der Waals surface area contributed by atoms with Crippen LogP contribution in [0.1, 0.15) is 42.6 Å². The standard InChI is InChI=1S/C22H20Cl2N2O2/c1-12(27)26-11-22(7-8-22)19-16-9-13(23)4-6-17(16)25-20(19)21(26)15-5-3-14(24)10-18(15)28-2/h3-6,9-10,21,25H,7-8,11H2,1-2H3. The van der Waals surface area contributed by atoms with Gasteiger partial charge in [-0.3, -0.25) is 4.79 Å². The topological polar surface area (TPSA) is 45.3 Å². The van der Waals surface area contributed by atoms with Gasteiger partial charge in [0.05, 0.1) is 7.11 Å². The molecule has 1 spiro atoms. The largest absolute Gasteiger partial charge is 0.496 e. The number of H-pyrrole nitrogens is 1. The van der Waals surface area contributed by atoms with Gasteiger partial charge in [-0.2, -0.15) is 0 Å². The second kappa shape index (κ2) is 6.16. The molecule has 2 aliphatic rings. The van der Waals surface area contributed by atoms with Crippen LogP contribution >= 0.6 is 23.2 Å². The Morgan fingerprint density at radius 3 is 2.57 bits per heavy atom. The van der Waals surface area contributed by atoms with E-state index in [0.717, 1.165) is 40.0 Å². The lowest BCUT2D eigenvalue weighted by molar-refractivity contribution is -0.131. The van der Waals surface area contributed by atoms with Crippen LogP contribution < -0.4 is 4.74 Å². The maximum atomic E-state index is 12.7. The Labute approximate surface area is 173 Å². The van der Waals surface area contributed by atoms with E-state index in [9.17, 15) is 4.79 Å². The van der Waals surface area contributed by atoms with Crippen LogP contribution in [0.2, 0.25) is 10.0 Å². The van der Waals surface area contributed by atoms with Crippen molar-refractivity contribution in [2.24, 2.45) is 0 Å². The van der Waals surface area contributed by atoms with Crippen molar-refractivity contribution in [1.29, 1.82) is 0 Å². The minimum absolute atomic E-state index is 0.0140. The zero-order chi connectivity index (χ0) is 19.6. The fourth-order valence-electron chi connectivity index (χ4n) is 4.70.